The fraction of sp³-hybridized carbons (Fsp3) is 0.235. The van der Waals surface area contributed by atoms with Gasteiger partial charge in [-0.1, -0.05) is 18.2 Å². The van der Waals surface area contributed by atoms with Crippen molar-refractivity contribution in [3.63, 3.8) is 0 Å². The number of methoxy groups -OCH3 is 1. The first-order valence-electron chi connectivity index (χ1n) is 6.69. The van der Waals surface area contributed by atoms with Crippen LogP contribution in [0, 0.1) is 19.7 Å². The second-order valence-electron chi connectivity index (χ2n) is 4.96. The van der Waals surface area contributed by atoms with Crippen molar-refractivity contribution >= 4 is 11.7 Å². The van der Waals surface area contributed by atoms with E-state index in [1.165, 1.54) is 13.2 Å². The van der Waals surface area contributed by atoms with Gasteiger partial charge in [-0.05, 0) is 48.7 Å². The molecule has 0 saturated carbocycles. The van der Waals surface area contributed by atoms with Gasteiger partial charge in [0.1, 0.15) is 5.82 Å². The van der Waals surface area contributed by atoms with Crippen molar-refractivity contribution in [2.75, 3.05) is 12.4 Å². The fourth-order valence-electron chi connectivity index (χ4n) is 2.00. The first-order chi connectivity index (χ1) is 10.0. The molecular formula is C17H18FNO2. The summed E-state index contributed by atoms with van der Waals surface area (Å²) in [7, 11) is 1.35. The fourth-order valence-corrected chi connectivity index (χ4v) is 2.00. The van der Waals surface area contributed by atoms with E-state index < -0.39 is 0 Å². The van der Waals surface area contributed by atoms with Gasteiger partial charge >= 0.3 is 5.97 Å². The van der Waals surface area contributed by atoms with Gasteiger partial charge in [0.15, 0.2) is 0 Å². The molecular weight excluding hydrogens is 269 g/mol. The summed E-state index contributed by atoms with van der Waals surface area (Å²) in [6.45, 7) is 4.16. The molecule has 0 aliphatic carbocycles. The van der Waals surface area contributed by atoms with E-state index in [-0.39, 0.29) is 11.8 Å². The van der Waals surface area contributed by atoms with Crippen LogP contribution in [0.5, 0.6) is 0 Å². The topological polar surface area (TPSA) is 38.3 Å². The number of carbonyl (C=O) groups is 1. The van der Waals surface area contributed by atoms with Crippen molar-refractivity contribution in [3.05, 3.63) is 64.5 Å². The summed E-state index contributed by atoms with van der Waals surface area (Å²) in [5.74, 6) is -0.589. The molecule has 2 aromatic carbocycles. The lowest BCUT2D eigenvalue weighted by Crippen LogP contribution is -2.05. The quantitative estimate of drug-likeness (QED) is 0.868. The molecule has 4 heteroatoms. The number of benzene rings is 2. The average Bonchev–Trinajstić information content (AvgIpc) is 2.49. The van der Waals surface area contributed by atoms with Crippen LogP contribution < -0.4 is 5.32 Å². The second kappa shape index (κ2) is 6.39. The highest BCUT2D eigenvalue weighted by molar-refractivity contribution is 5.90. The number of esters is 1. The number of hydrogen-bond acceptors (Lipinski definition) is 3. The summed E-state index contributed by atoms with van der Waals surface area (Å²) in [4.78, 5) is 11.5. The van der Waals surface area contributed by atoms with Crippen molar-refractivity contribution in [1.82, 2.24) is 0 Å². The highest BCUT2D eigenvalue weighted by Gasteiger charge is 2.08. The van der Waals surface area contributed by atoms with E-state index >= 15 is 0 Å². The van der Waals surface area contributed by atoms with E-state index in [0.29, 0.717) is 17.7 Å². The molecule has 0 bridgehead atoms. The number of hydrogen-bond donors (Lipinski definition) is 1. The van der Waals surface area contributed by atoms with Gasteiger partial charge in [0.05, 0.1) is 12.7 Å². The Morgan fingerprint density at radius 2 is 1.86 bits per heavy atom. The average molecular weight is 287 g/mol. The SMILES string of the molecule is COC(=O)c1ccc(C)c(NCc2ccc(C)c(F)c2)c1. The summed E-state index contributed by atoms with van der Waals surface area (Å²) in [5, 5.41) is 3.22. The molecule has 0 aliphatic heterocycles. The standard InChI is InChI=1S/C17H18FNO2/c1-11-4-6-13(8-15(11)18)10-19-16-9-14(17(20)21-3)7-5-12(16)2/h4-9,19H,10H2,1-3H3. The highest BCUT2D eigenvalue weighted by atomic mass is 19.1. The maximum Gasteiger partial charge on any atom is 0.337 e. The predicted molar refractivity (Wildman–Crippen MR) is 81.0 cm³/mol. The van der Waals surface area contributed by atoms with E-state index in [0.717, 1.165) is 16.8 Å². The number of ether oxygens (including phenoxy) is 1. The number of rotatable bonds is 4. The van der Waals surface area contributed by atoms with Crippen LogP contribution in [0.2, 0.25) is 0 Å². The van der Waals surface area contributed by atoms with Crippen LogP contribution in [0.4, 0.5) is 10.1 Å². The van der Waals surface area contributed by atoms with E-state index in [2.05, 4.69) is 5.32 Å². The van der Waals surface area contributed by atoms with E-state index in [4.69, 9.17) is 4.74 Å². The van der Waals surface area contributed by atoms with Crippen LogP contribution in [0.3, 0.4) is 0 Å². The minimum atomic E-state index is -0.376. The Bertz CT molecular complexity index is 668. The van der Waals surface area contributed by atoms with E-state index in [9.17, 15) is 9.18 Å². The number of nitrogens with one attached hydrogen (secondary N) is 1. The van der Waals surface area contributed by atoms with Gasteiger partial charge in [0.2, 0.25) is 0 Å². The molecule has 0 saturated heterocycles. The smallest absolute Gasteiger partial charge is 0.337 e. The Kier molecular flexibility index (Phi) is 4.58. The normalized spacial score (nSPS) is 10.3. The molecule has 3 nitrogen and oxygen atoms in total. The van der Waals surface area contributed by atoms with Gasteiger partial charge in [-0.25, -0.2) is 9.18 Å². The molecule has 0 spiro atoms. The summed E-state index contributed by atoms with van der Waals surface area (Å²) < 4.78 is 18.2. The zero-order valence-corrected chi connectivity index (χ0v) is 12.4. The molecule has 0 radical (unpaired) electrons. The minimum absolute atomic E-state index is 0.214. The molecule has 0 unspecified atom stereocenters. The number of carbonyl (C=O) groups excluding carboxylic acids is 1. The molecule has 21 heavy (non-hydrogen) atoms. The van der Waals surface area contributed by atoms with Crippen LogP contribution >= 0.6 is 0 Å². The third kappa shape index (κ3) is 3.60. The van der Waals surface area contributed by atoms with Crippen LogP contribution in [0.25, 0.3) is 0 Å². The Hall–Kier alpha value is -2.36. The largest absolute Gasteiger partial charge is 0.465 e. The molecule has 0 amide bonds. The third-order valence-electron chi connectivity index (χ3n) is 3.38. The van der Waals surface area contributed by atoms with Gasteiger partial charge in [-0.2, -0.15) is 0 Å². The van der Waals surface area contributed by atoms with Gasteiger partial charge < -0.3 is 10.1 Å². The first kappa shape index (κ1) is 15.0. The molecule has 2 aromatic rings. The number of aryl methyl sites for hydroxylation is 2. The first-order valence-corrected chi connectivity index (χ1v) is 6.69. The number of halogens is 1. The molecule has 2 rings (SSSR count). The summed E-state index contributed by atoms with van der Waals surface area (Å²) in [6, 6.07) is 10.5. The molecule has 110 valence electrons. The predicted octanol–water partition coefficient (Wildman–Crippen LogP) is 3.84. The van der Waals surface area contributed by atoms with Crippen molar-refractivity contribution in [1.29, 1.82) is 0 Å². The second-order valence-corrected chi connectivity index (χ2v) is 4.96. The van der Waals surface area contributed by atoms with Gasteiger partial charge in [-0.3, -0.25) is 0 Å². The molecule has 0 aliphatic rings. The molecule has 0 fully saturated rings. The third-order valence-corrected chi connectivity index (χ3v) is 3.38. The lowest BCUT2D eigenvalue weighted by atomic mass is 10.1. The zero-order chi connectivity index (χ0) is 15.4. The Labute approximate surface area is 123 Å². The Morgan fingerprint density at radius 3 is 2.52 bits per heavy atom. The molecule has 0 heterocycles. The zero-order valence-electron chi connectivity index (χ0n) is 12.4. The van der Waals surface area contributed by atoms with Crippen LogP contribution in [0.1, 0.15) is 27.0 Å². The van der Waals surface area contributed by atoms with Gasteiger partial charge in [0.25, 0.3) is 0 Å². The van der Waals surface area contributed by atoms with E-state index in [1.54, 1.807) is 25.1 Å². The van der Waals surface area contributed by atoms with Crippen molar-refractivity contribution < 1.29 is 13.9 Å². The van der Waals surface area contributed by atoms with Crippen LogP contribution in [-0.2, 0) is 11.3 Å². The minimum Gasteiger partial charge on any atom is -0.465 e. The van der Waals surface area contributed by atoms with Gasteiger partial charge in [-0.15, -0.1) is 0 Å². The van der Waals surface area contributed by atoms with Crippen LogP contribution in [-0.4, -0.2) is 13.1 Å². The number of anilines is 1. The summed E-state index contributed by atoms with van der Waals surface area (Å²) in [6.07, 6.45) is 0. The van der Waals surface area contributed by atoms with Crippen LogP contribution in [0.15, 0.2) is 36.4 Å². The van der Waals surface area contributed by atoms with Crippen molar-refractivity contribution in [3.8, 4) is 0 Å². The Morgan fingerprint density at radius 1 is 1.14 bits per heavy atom. The van der Waals surface area contributed by atoms with Crippen molar-refractivity contribution in [2.45, 2.75) is 20.4 Å². The van der Waals surface area contributed by atoms with Crippen molar-refractivity contribution in [2.24, 2.45) is 0 Å². The lowest BCUT2D eigenvalue weighted by molar-refractivity contribution is 0.0601. The Balaban J connectivity index is 2.15. The maximum atomic E-state index is 13.5. The van der Waals surface area contributed by atoms with E-state index in [1.807, 2.05) is 19.1 Å². The maximum absolute atomic E-state index is 13.5. The molecule has 1 N–H and O–H groups in total. The molecule has 0 aromatic heterocycles. The summed E-state index contributed by atoms with van der Waals surface area (Å²) in [5.41, 5.74) is 3.80. The summed E-state index contributed by atoms with van der Waals surface area (Å²) >= 11 is 0. The molecule has 0 atom stereocenters. The highest BCUT2D eigenvalue weighted by Crippen LogP contribution is 2.19. The monoisotopic (exact) mass is 287 g/mol. The lowest BCUT2D eigenvalue weighted by Gasteiger charge is -2.11. The van der Waals surface area contributed by atoms with Gasteiger partial charge in [0, 0.05) is 12.2 Å².